The molecule has 6 nitrogen and oxygen atoms in total. The zero-order valence-corrected chi connectivity index (χ0v) is 18.5. The molecule has 0 aliphatic heterocycles. The molecule has 0 aliphatic rings. The highest BCUT2D eigenvalue weighted by Gasteiger charge is 2.30. The summed E-state index contributed by atoms with van der Waals surface area (Å²) >= 11 is 0. The number of methoxy groups -OCH3 is 2. The van der Waals surface area contributed by atoms with Crippen molar-refractivity contribution < 1.29 is 23.8 Å². The second kappa shape index (κ2) is 12.7. The summed E-state index contributed by atoms with van der Waals surface area (Å²) in [6, 6.07) is 14.7. The van der Waals surface area contributed by atoms with E-state index in [1.807, 2.05) is 55.5 Å². The Morgan fingerprint density at radius 1 is 1.13 bits per heavy atom. The van der Waals surface area contributed by atoms with Gasteiger partial charge in [-0.1, -0.05) is 48.5 Å². The van der Waals surface area contributed by atoms with Crippen molar-refractivity contribution >= 4 is 11.7 Å². The molecule has 2 rings (SSSR count). The summed E-state index contributed by atoms with van der Waals surface area (Å²) in [5, 5.41) is 0. The van der Waals surface area contributed by atoms with Gasteiger partial charge in [-0.15, -0.1) is 6.58 Å². The normalized spacial score (nSPS) is 11.6. The van der Waals surface area contributed by atoms with Crippen molar-refractivity contribution in [1.82, 2.24) is 4.90 Å². The zero-order chi connectivity index (χ0) is 22.6. The molecule has 0 fully saturated rings. The Morgan fingerprint density at radius 3 is 2.52 bits per heavy atom. The molecule has 2 aromatic rings. The highest BCUT2D eigenvalue weighted by atomic mass is 16.5. The molecule has 0 radical (unpaired) electrons. The molecule has 0 N–H and O–H groups in total. The average molecular weight is 426 g/mol. The molecule has 0 aromatic heterocycles. The summed E-state index contributed by atoms with van der Waals surface area (Å²) in [7, 11) is 3.05. The standard InChI is InChI=1S/C25H31NO5/c1-5-9-25(28)26(15-21-13-12-19(2)14-24(21)30-4)22(23(27)18-29-3)17-31-16-20-10-7-6-8-11-20/h5-8,10-14,22H,1,9,15-18H2,2-4H3/t22-/m0/s1. The molecular weight excluding hydrogens is 394 g/mol. The number of benzene rings is 2. The van der Waals surface area contributed by atoms with Gasteiger partial charge in [-0.25, -0.2) is 0 Å². The molecule has 0 aliphatic carbocycles. The van der Waals surface area contributed by atoms with Crippen molar-refractivity contribution in [3.05, 3.63) is 77.9 Å². The lowest BCUT2D eigenvalue weighted by atomic mass is 10.1. The second-order valence-corrected chi connectivity index (χ2v) is 7.25. The molecule has 0 spiro atoms. The van der Waals surface area contributed by atoms with E-state index in [2.05, 4.69) is 6.58 Å². The summed E-state index contributed by atoms with van der Waals surface area (Å²) in [6.45, 7) is 6.14. The summed E-state index contributed by atoms with van der Waals surface area (Å²) < 4.78 is 16.4. The second-order valence-electron chi connectivity index (χ2n) is 7.25. The van der Waals surface area contributed by atoms with E-state index in [9.17, 15) is 9.59 Å². The molecule has 166 valence electrons. The Morgan fingerprint density at radius 2 is 1.87 bits per heavy atom. The van der Waals surface area contributed by atoms with Gasteiger partial charge in [0.05, 0.1) is 26.9 Å². The highest BCUT2D eigenvalue weighted by molar-refractivity contribution is 5.90. The van der Waals surface area contributed by atoms with Crippen LogP contribution in [0.15, 0.2) is 61.2 Å². The minimum atomic E-state index is -0.790. The maximum atomic E-state index is 13.0. The van der Waals surface area contributed by atoms with Crippen molar-refractivity contribution in [2.45, 2.75) is 32.5 Å². The minimum Gasteiger partial charge on any atom is -0.496 e. The number of rotatable bonds is 13. The molecule has 0 saturated carbocycles. The number of ether oxygens (including phenoxy) is 3. The van der Waals surface area contributed by atoms with Crippen molar-refractivity contribution in [2.75, 3.05) is 27.4 Å². The summed E-state index contributed by atoms with van der Waals surface area (Å²) in [6.07, 6.45) is 1.65. The maximum absolute atomic E-state index is 13.0. The number of carbonyl (C=O) groups is 2. The lowest BCUT2D eigenvalue weighted by molar-refractivity contribution is -0.144. The first kappa shape index (κ1) is 24.3. The number of aryl methyl sites for hydroxylation is 1. The number of Topliss-reactive ketones (excluding diaryl/α,β-unsaturated/α-hetero) is 1. The van der Waals surface area contributed by atoms with Gasteiger partial charge in [0.25, 0.3) is 0 Å². The van der Waals surface area contributed by atoms with Gasteiger partial charge in [0.2, 0.25) is 5.91 Å². The van der Waals surface area contributed by atoms with Crippen LogP contribution in [0.5, 0.6) is 5.75 Å². The number of nitrogens with zero attached hydrogens (tertiary/aromatic N) is 1. The van der Waals surface area contributed by atoms with Gasteiger partial charge in [-0.05, 0) is 24.1 Å². The van der Waals surface area contributed by atoms with Gasteiger partial charge in [-0.3, -0.25) is 9.59 Å². The first-order valence-electron chi connectivity index (χ1n) is 10.2. The minimum absolute atomic E-state index is 0.0636. The van der Waals surface area contributed by atoms with E-state index in [0.717, 1.165) is 16.7 Å². The third kappa shape index (κ3) is 7.35. The van der Waals surface area contributed by atoms with Gasteiger partial charge in [0.15, 0.2) is 5.78 Å². The number of ketones is 1. The first-order valence-corrected chi connectivity index (χ1v) is 10.2. The highest BCUT2D eigenvalue weighted by Crippen LogP contribution is 2.23. The Hall–Kier alpha value is -2.96. The summed E-state index contributed by atoms with van der Waals surface area (Å²) in [5.74, 6) is 0.231. The maximum Gasteiger partial charge on any atom is 0.227 e. The molecule has 0 bridgehead atoms. The van der Waals surface area contributed by atoms with E-state index in [4.69, 9.17) is 14.2 Å². The van der Waals surface area contributed by atoms with Crippen molar-refractivity contribution in [3.63, 3.8) is 0 Å². The third-order valence-electron chi connectivity index (χ3n) is 4.84. The molecule has 2 aromatic carbocycles. The van der Waals surface area contributed by atoms with Crippen LogP contribution in [-0.4, -0.2) is 50.1 Å². The van der Waals surface area contributed by atoms with Gasteiger partial charge in [0, 0.05) is 19.1 Å². The van der Waals surface area contributed by atoms with E-state index in [1.165, 1.54) is 18.1 Å². The van der Waals surface area contributed by atoms with E-state index in [0.29, 0.717) is 12.4 Å². The van der Waals surface area contributed by atoms with Crippen LogP contribution in [0.25, 0.3) is 0 Å². The third-order valence-corrected chi connectivity index (χ3v) is 4.84. The molecule has 1 amide bonds. The molecular formula is C25H31NO5. The Labute approximate surface area is 184 Å². The Balaban J connectivity index is 2.28. The van der Waals surface area contributed by atoms with Gasteiger partial charge < -0.3 is 19.1 Å². The van der Waals surface area contributed by atoms with E-state index < -0.39 is 6.04 Å². The Kier molecular flexibility index (Phi) is 9.94. The Bertz CT molecular complexity index is 865. The number of hydrogen-bond acceptors (Lipinski definition) is 5. The van der Waals surface area contributed by atoms with Crippen LogP contribution in [0.2, 0.25) is 0 Å². The van der Waals surface area contributed by atoms with E-state index >= 15 is 0 Å². The van der Waals surface area contributed by atoms with Crippen molar-refractivity contribution in [1.29, 1.82) is 0 Å². The lowest BCUT2D eigenvalue weighted by Gasteiger charge is -2.31. The molecule has 0 heterocycles. The number of carbonyl (C=O) groups excluding carboxylic acids is 2. The summed E-state index contributed by atoms with van der Waals surface area (Å²) in [4.78, 5) is 27.4. The largest absolute Gasteiger partial charge is 0.496 e. The predicted octanol–water partition coefficient (Wildman–Crippen LogP) is 3.71. The molecule has 0 unspecified atom stereocenters. The van der Waals surface area contributed by atoms with Crippen molar-refractivity contribution in [3.8, 4) is 5.75 Å². The molecule has 0 saturated heterocycles. The van der Waals surface area contributed by atoms with Crippen LogP contribution in [-0.2, 0) is 32.2 Å². The topological polar surface area (TPSA) is 65.1 Å². The van der Waals surface area contributed by atoms with Gasteiger partial charge in [-0.2, -0.15) is 0 Å². The van der Waals surface area contributed by atoms with E-state index in [1.54, 1.807) is 7.11 Å². The molecule has 31 heavy (non-hydrogen) atoms. The number of hydrogen-bond donors (Lipinski definition) is 0. The SMILES string of the molecule is C=CCC(=O)N(Cc1ccc(C)cc1OC)[C@@H](COCc1ccccc1)C(=O)COC. The molecule has 1 atom stereocenters. The number of amides is 1. The molecule has 6 heteroatoms. The van der Waals surface area contributed by atoms with E-state index in [-0.39, 0.29) is 37.9 Å². The van der Waals surface area contributed by atoms with Crippen LogP contribution in [0.3, 0.4) is 0 Å². The van der Waals surface area contributed by atoms with Crippen LogP contribution < -0.4 is 4.74 Å². The zero-order valence-electron chi connectivity index (χ0n) is 18.5. The van der Waals surface area contributed by atoms with Crippen LogP contribution in [0.4, 0.5) is 0 Å². The fourth-order valence-corrected chi connectivity index (χ4v) is 3.24. The van der Waals surface area contributed by atoms with Crippen LogP contribution >= 0.6 is 0 Å². The van der Waals surface area contributed by atoms with Gasteiger partial charge in [0.1, 0.15) is 18.4 Å². The summed E-state index contributed by atoms with van der Waals surface area (Å²) in [5.41, 5.74) is 2.84. The van der Waals surface area contributed by atoms with Crippen LogP contribution in [0.1, 0.15) is 23.1 Å². The smallest absolute Gasteiger partial charge is 0.227 e. The first-order chi connectivity index (χ1) is 15.0. The van der Waals surface area contributed by atoms with Crippen LogP contribution in [0, 0.1) is 6.92 Å². The predicted molar refractivity (Wildman–Crippen MR) is 120 cm³/mol. The average Bonchev–Trinajstić information content (AvgIpc) is 2.77. The quantitative estimate of drug-likeness (QED) is 0.458. The fraction of sp³-hybridized carbons (Fsp3) is 0.360. The monoisotopic (exact) mass is 425 g/mol. The lowest BCUT2D eigenvalue weighted by Crippen LogP contribution is -2.48. The fourth-order valence-electron chi connectivity index (χ4n) is 3.24. The van der Waals surface area contributed by atoms with Crippen molar-refractivity contribution in [2.24, 2.45) is 0 Å². The van der Waals surface area contributed by atoms with Gasteiger partial charge >= 0.3 is 0 Å².